The van der Waals surface area contributed by atoms with Gasteiger partial charge < -0.3 is 24.8 Å². The van der Waals surface area contributed by atoms with Gasteiger partial charge in [0, 0.05) is 11.4 Å². The molecule has 0 spiro atoms. The number of rotatable bonds is 3. The summed E-state index contributed by atoms with van der Waals surface area (Å²) in [5.74, 6) is 1.51. The Morgan fingerprint density at radius 3 is 2.69 bits per heavy atom. The lowest BCUT2D eigenvalue weighted by Crippen LogP contribution is -2.53. The number of aliphatic hydroxyl groups excluding tert-OH is 3. The standard InChI is InChI=1S/C25H24ClNO5/c1-13-22(28)23(29)24(30)25(31-13)15-7-8-17(26)16(12-15)10-14-6-9-21-19(11-14)27-18-4-2-3-5-20(18)32-21/h2-9,12-13,22-25,28-30H,10-11H2,1H3/t13-,22-,23+,24-,25+/m1/s1. The summed E-state index contributed by atoms with van der Waals surface area (Å²) in [5, 5.41) is 31.2. The van der Waals surface area contributed by atoms with E-state index in [2.05, 4.69) is 0 Å². The lowest BCUT2D eigenvalue weighted by atomic mass is 9.89. The second kappa shape index (κ2) is 8.46. The highest BCUT2D eigenvalue weighted by atomic mass is 35.5. The SMILES string of the molecule is C[C@H]1O[C@@H](c2ccc(Cl)c(CC3=CC=C4Oc5ccccc5N=C4C3)c2)[C@H](O)[C@@H](O)[C@@H]1O. The monoisotopic (exact) mass is 453 g/mol. The van der Waals surface area contributed by atoms with Crippen LogP contribution in [-0.4, -0.2) is 45.4 Å². The molecule has 32 heavy (non-hydrogen) atoms. The van der Waals surface area contributed by atoms with Gasteiger partial charge in [-0.1, -0.05) is 47.5 Å². The summed E-state index contributed by atoms with van der Waals surface area (Å²) >= 11 is 6.49. The van der Waals surface area contributed by atoms with E-state index in [1.54, 1.807) is 19.1 Å². The van der Waals surface area contributed by atoms with Crippen LogP contribution in [0.3, 0.4) is 0 Å². The molecular formula is C25H24ClNO5. The molecule has 0 unspecified atom stereocenters. The van der Waals surface area contributed by atoms with Crippen molar-refractivity contribution < 1.29 is 24.8 Å². The molecule has 0 saturated carbocycles. The zero-order valence-electron chi connectivity index (χ0n) is 17.5. The lowest BCUT2D eigenvalue weighted by Gasteiger charge is -2.39. The summed E-state index contributed by atoms with van der Waals surface area (Å²) < 4.78 is 11.8. The summed E-state index contributed by atoms with van der Waals surface area (Å²) in [7, 11) is 0. The van der Waals surface area contributed by atoms with Crippen molar-refractivity contribution in [2.45, 2.75) is 50.3 Å². The summed E-state index contributed by atoms with van der Waals surface area (Å²) in [6, 6.07) is 13.1. The molecule has 166 valence electrons. The molecule has 2 heterocycles. The number of hydrogen-bond acceptors (Lipinski definition) is 6. The van der Waals surface area contributed by atoms with Crippen molar-refractivity contribution in [2.75, 3.05) is 0 Å². The van der Waals surface area contributed by atoms with Crippen molar-refractivity contribution in [3.05, 3.63) is 82.1 Å². The van der Waals surface area contributed by atoms with E-state index < -0.39 is 30.5 Å². The first-order valence-corrected chi connectivity index (χ1v) is 11.0. The van der Waals surface area contributed by atoms with Crippen LogP contribution < -0.4 is 4.74 Å². The Kier molecular flexibility index (Phi) is 5.65. The zero-order valence-corrected chi connectivity index (χ0v) is 18.2. The molecule has 5 atom stereocenters. The van der Waals surface area contributed by atoms with Crippen molar-refractivity contribution in [3.63, 3.8) is 0 Å². The molecule has 0 amide bonds. The Morgan fingerprint density at radius 2 is 1.84 bits per heavy atom. The zero-order chi connectivity index (χ0) is 22.4. The highest BCUT2D eigenvalue weighted by Crippen LogP contribution is 2.37. The highest BCUT2D eigenvalue weighted by molar-refractivity contribution is 6.31. The first kappa shape index (κ1) is 21.4. The molecule has 1 saturated heterocycles. The van der Waals surface area contributed by atoms with E-state index in [1.807, 2.05) is 42.5 Å². The third kappa shape index (κ3) is 3.89. The van der Waals surface area contributed by atoms with Crippen molar-refractivity contribution in [1.29, 1.82) is 0 Å². The van der Waals surface area contributed by atoms with Gasteiger partial charge in [-0.15, -0.1) is 0 Å². The molecular weight excluding hydrogens is 430 g/mol. The van der Waals surface area contributed by atoms with E-state index in [4.69, 9.17) is 26.1 Å². The van der Waals surface area contributed by atoms with Crippen molar-refractivity contribution >= 4 is 23.0 Å². The van der Waals surface area contributed by atoms with E-state index in [0.717, 1.165) is 34.0 Å². The van der Waals surface area contributed by atoms with E-state index >= 15 is 0 Å². The van der Waals surface area contributed by atoms with Gasteiger partial charge in [-0.2, -0.15) is 0 Å². The molecule has 5 rings (SSSR count). The number of aliphatic imine (C=N–C) groups is 1. The predicted molar refractivity (Wildman–Crippen MR) is 121 cm³/mol. The molecule has 0 aromatic heterocycles. The van der Waals surface area contributed by atoms with E-state index in [1.165, 1.54) is 0 Å². The van der Waals surface area contributed by atoms with Gasteiger partial charge in [-0.3, -0.25) is 0 Å². The number of para-hydroxylation sites is 2. The number of fused-ring (bicyclic) bond motifs is 2. The number of halogens is 1. The van der Waals surface area contributed by atoms with Crippen LogP contribution in [0.25, 0.3) is 0 Å². The first-order chi connectivity index (χ1) is 15.4. The second-order valence-corrected chi connectivity index (χ2v) is 8.83. The maximum Gasteiger partial charge on any atom is 0.153 e. The fourth-order valence-corrected chi connectivity index (χ4v) is 4.52. The Bertz CT molecular complexity index is 1140. The number of nitrogens with zero attached hydrogens (tertiary/aromatic N) is 1. The summed E-state index contributed by atoms with van der Waals surface area (Å²) in [4.78, 5) is 4.75. The Hall–Kier alpha value is -2.48. The predicted octanol–water partition coefficient (Wildman–Crippen LogP) is 3.80. The molecule has 7 heteroatoms. The minimum absolute atomic E-state index is 0.598. The fraction of sp³-hybridized carbons (Fsp3) is 0.320. The molecule has 2 aliphatic heterocycles. The van der Waals surface area contributed by atoms with Crippen LogP contribution in [-0.2, 0) is 11.2 Å². The summed E-state index contributed by atoms with van der Waals surface area (Å²) in [5.41, 5.74) is 4.41. The Morgan fingerprint density at radius 1 is 1.03 bits per heavy atom. The van der Waals surface area contributed by atoms with Gasteiger partial charge in [0.25, 0.3) is 0 Å². The number of aliphatic hydroxyl groups is 3. The van der Waals surface area contributed by atoms with E-state index in [0.29, 0.717) is 23.4 Å². The molecule has 1 fully saturated rings. The summed E-state index contributed by atoms with van der Waals surface area (Å²) in [6.45, 7) is 1.67. The number of ether oxygens (including phenoxy) is 2. The third-order valence-corrected chi connectivity index (χ3v) is 6.53. The molecule has 0 bridgehead atoms. The van der Waals surface area contributed by atoms with Crippen molar-refractivity contribution in [3.8, 4) is 5.75 Å². The first-order valence-electron chi connectivity index (χ1n) is 10.6. The topological polar surface area (TPSA) is 91.5 Å². The van der Waals surface area contributed by atoms with Crippen LogP contribution in [0.1, 0.15) is 30.6 Å². The molecule has 2 aromatic rings. The van der Waals surface area contributed by atoms with Crippen LogP contribution >= 0.6 is 11.6 Å². The van der Waals surface area contributed by atoms with E-state index in [9.17, 15) is 15.3 Å². The fourth-order valence-electron chi connectivity index (χ4n) is 4.34. The van der Waals surface area contributed by atoms with Crippen LogP contribution in [0, 0.1) is 0 Å². The molecule has 1 aliphatic carbocycles. The minimum Gasteiger partial charge on any atom is -0.453 e. The maximum atomic E-state index is 10.5. The largest absolute Gasteiger partial charge is 0.453 e. The van der Waals surface area contributed by atoms with Gasteiger partial charge in [0.1, 0.15) is 35.9 Å². The average Bonchev–Trinajstić information content (AvgIpc) is 2.80. The Balaban J connectivity index is 1.38. The van der Waals surface area contributed by atoms with Gasteiger partial charge in [-0.25, -0.2) is 4.99 Å². The Labute approximate surface area is 191 Å². The number of hydrogen-bond donors (Lipinski definition) is 3. The van der Waals surface area contributed by atoms with Gasteiger partial charge >= 0.3 is 0 Å². The van der Waals surface area contributed by atoms with Gasteiger partial charge in [-0.05, 0) is 48.7 Å². The maximum absolute atomic E-state index is 10.5. The lowest BCUT2D eigenvalue weighted by molar-refractivity contribution is -0.219. The minimum atomic E-state index is -1.28. The van der Waals surface area contributed by atoms with Gasteiger partial charge in [0.2, 0.25) is 0 Å². The van der Waals surface area contributed by atoms with Gasteiger partial charge in [0.15, 0.2) is 5.75 Å². The quantitative estimate of drug-likeness (QED) is 0.657. The molecule has 2 aromatic carbocycles. The smallest absolute Gasteiger partial charge is 0.153 e. The number of benzene rings is 2. The number of allylic oxidation sites excluding steroid dienone is 4. The van der Waals surface area contributed by atoms with Crippen LogP contribution in [0.4, 0.5) is 5.69 Å². The molecule has 3 aliphatic rings. The average molecular weight is 454 g/mol. The normalized spacial score (nSPS) is 29.2. The van der Waals surface area contributed by atoms with E-state index in [-0.39, 0.29) is 0 Å². The highest BCUT2D eigenvalue weighted by Gasteiger charge is 2.42. The van der Waals surface area contributed by atoms with Crippen molar-refractivity contribution in [2.24, 2.45) is 4.99 Å². The summed E-state index contributed by atoms with van der Waals surface area (Å²) in [6.07, 6.45) is 0.200. The van der Waals surface area contributed by atoms with Crippen molar-refractivity contribution in [1.82, 2.24) is 0 Å². The van der Waals surface area contributed by atoms with Crippen LogP contribution in [0.2, 0.25) is 5.02 Å². The second-order valence-electron chi connectivity index (χ2n) is 8.42. The molecule has 6 nitrogen and oxygen atoms in total. The van der Waals surface area contributed by atoms with Gasteiger partial charge in [0.05, 0.1) is 11.8 Å². The third-order valence-electron chi connectivity index (χ3n) is 6.16. The van der Waals surface area contributed by atoms with Crippen LogP contribution in [0.15, 0.2) is 70.9 Å². The molecule has 3 N–H and O–H groups in total. The molecule has 0 radical (unpaired) electrons. The van der Waals surface area contributed by atoms with Crippen LogP contribution in [0.5, 0.6) is 5.75 Å².